The molecule has 7 aromatic carbocycles. The van der Waals surface area contributed by atoms with Crippen molar-refractivity contribution in [1.82, 2.24) is 0 Å². The van der Waals surface area contributed by atoms with Crippen LogP contribution in [0.3, 0.4) is 0 Å². The molecule has 0 radical (unpaired) electrons. The number of hydrogen-bond acceptors (Lipinski definition) is 14. The first-order valence-corrected chi connectivity index (χ1v) is 31.0. The first kappa shape index (κ1) is 61.3. The van der Waals surface area contributed by atoms with Crippen LogP contribution >= 0.6 is 0 Å². The lowest BCUT2D eigenvalue weighted by molar-refractivity contribution is -0.354. The van der Waals surface area contributed by atoms with Crippen LogP contribution in [0.15, 0.2) is 218 Å². The Morgan fingerprint density at radius 2 is 1.06 bits per heavy atom. The van der Waals surface area contributed by atoms with E-state index in [1.165, 1.54) is 6.92 Å². The third kappa shape index (κ3) is 14.4. The van der Waals surface area contributed by atoms with E-state index >= 15 is 0 Å². The van der Waals surface area contributed by atoms with Crippen LogP contribution < -0.4 is 10.4 Å². The van der Waals surface area contributed by atoms with E-state index in [1.807, 2.05) is 164 Å². The summed E-state index contributed by atoms with van der Waals surface area (Å²) in [5, 5.41) is 5.85. The van der Waals surface area contributed by atoms with Crippen molar-refractivity contribution in [3.05, 3.63) is 251 Å². The minimum Gasteiger partial charge on any atom is -0.454 e. The predicted octanol–water partition coefficient (Wildman–Crippen LogP) is 11.9. The Morgan fingerprint density at radius 3 is 1.58 bits per heavy atom. The van der Waals surface area contributed by atoms with Crippen molar-refractivity contribution >= 4 is 30.8 Å². The zero-order valence-electron chi connectivity index (χ0n) is 48.8. The molecule has 86 heavy (non-hydrogen) atoms. The average Bonchev–Trinajstić information content (AvgIpc) is 1.44. The quantitative estimate of drug-likeness (QED) is 0.0132. The van der Waals surface area contributed by atoms with E-state index in [0.29, 0.717) is 0 Å². The minimum absolute atomic E-state index is 0.0241. The monoisotopic (exact) mass is 1180 g/mol. The fourth-order valence-electron chi connectivity index (χ4n) is 11.9. The Balaban J connectivity index is 1.06. The fourth-order valence-corrected chi connectivity index (χ4v) is 16.5. The Hall–Kier alpha value is -7.77. The first-order chi connectivity index (χ1) is 41.9. The largest absolute Gasteiger partial charge is 0.508 e. The van der Waals surface area contributed by atoms with Gasteiger partial charge in [-0.25, -0.2) is 4.79 Å². The van der Waals surface area contributed by atoms with E-state index in [-0.39, 0.29) is 52.2 Å². The molecule has 0 unspecified atom stereocenters. The number of carbonyl (C=O) groups is 2. The van der Waals surface area contributed by atoms with Crippen molar-refractivity contribution in [3.63, 3.8) is 0 Å². The summed E-state index contributed by atoms with van der Waals surface area (Å²) in [6.45, 7) is 11.5. The van der Waals surface area contributed by atoms with E-state index < -0.39 is 86.8 Å². The van der Waals surface area contributed by atoms with Gasteiger partial charge in [0.2, 0.25) is 0 Å². The van der Waals surface area contributed by atoms with Crippen molar-refractivity contribution in [3.8, 4) is 11.1 Å². The minimum atomic E-state index is -3.32. The van der Waals surface area contributed by atoms with Gasteiger partial charge in [-0.2, -0.15) is 0 Å². The number of azide groups is 1. The van der Waals surface area contributed by atoms with Crippen molar-refractivity contribution in [2.45, 2.75) is 120 Å². The number of fused-ring (bicyclic) bond motifs is 3. The molecular weight excluding hydrogens is 1110 g/mol. The van der Waals surface area contributed by atoms with Gasteiger partial charge in [0.1, 0.15) is 43.2 Å². The molecule has 10 rings (SSSR count). The lowest BCUT2D eigenvalue weighted by Crippen LogP contribution is -2.69. The van der Waals surface area contributed by atoms with Gasteiger partial charge in [-0.3, -0.25) is 4.79 Å². The lowest BCUT2D eigenvalue weighted by Gasteiger charge is -2.50. The van der Waals surface area contributed by atoms with Crippen LogP contribution in [0.1, 0.15) is 61.4 Å². The molecule has 0 N–H and O–H groups in total. The third-order valence-corrected chi connectivity index (χ3v) is 20.8. The zero-order valence-corrected chi connectivity index (χ0v) is 49.8. The molecule has 2 aliphatic heterocycles. The fraction of sp³-hybridized carbons (Fsp3) is 0.333. The highest BCUT2D eigenvalue weighted by molar-refractivity contribution is 6.99. The number of carbonyl (C=O) groups excluding carboxylic acids is 2. The Morgan fingerprint density at radius 1 is 0.570 bits per heavy atom. The second-order valence-electron chi connectivity index (χ2n) is 22.4. The number of rotatable bonds is 25. The van der Waals surface area contributed by atoms with Crippen LogP contribution in [0, 0.1) is 0 Å². The highest BCUT2D eigenvalue weighted by Crippen LogP contribution is 2.45. The van der Waals surface area contributed by atoms with Crippen molar-refractivity contribution in [2.24, 2.45) is 5.11 Å². The molecule has 2 fully saturated rings. The second kappa shape index (κ2) is 29.1. The molecule has 1 aliphatic carbocycles. The summed E-state index contributed by atoms with van der Waals surface area (Å²) in [7, 11) is -3.32. The van der Waals surface area contributed by atoms with Gasteiger partial charge in [0, 0.05) is 17.8 Å². The Labute approximate surface area is 503 Å². The molecular formula is C69H73N3O13Si. The molecule has 16 nitrogen and oxygen atoms in total. The van der Waals surface area contributed by atoms with Crippen LogP contribution in [0.25, 0.3) is 21.6 Å². The summed E-state index contributed by atoms with van der Waals surface area (Å²) in [5.41, 5.74) is 17.0. The third-order valence-electron chi connectivity index (χ3n) is 15.8. The summed E-state index contributed by atoms with van der Waals surface area (Å²) in [4.78, 5) is 31.6. The van der Waals surface area contributed by atoms with E-state index in [4.69, 9.17) is 51.8 Å². The number of benzene rings is 7. The summed E-state index contributed by atoms with van der Waals surface area (Å²) >= 11 is 0. The summed E-state index contributed by atoms with van der Waals surface area (Å²) in [6, 6.07) is 63.8. The first-order valence-electron chi connectivity index (χ1n) is 29.1. The molecule has 7 aromatic rings. The molecule has 2 heterocycles. The van der Waals surface area contributed by atoms with Gasteiger partial charge in [-0.05, 0) is 59.9 Å². The van der Waals surface area contributed by atoms with Crippen LogP contribution in [0.4, 0.5) is 4.79 Å². The van der Waals surface area contributed by atoms with Gasteiger partial charge in [-0.1, -0.05) is 232 Å². The van der Waals surface area contributed by atoms with Gasteiger partial charge in [0.25, 0.3) is 8.32 Å². The summed E-state index contributed by atoms with van der Waals surface area (Å²) < 4.78 is 74.5. The van der Waals surface area contributed by atoms with Gasteiger partial charge in [-0.15, -0.1) is 6.58 Å². The van der Waals surface area contributed by atoms with Gasteiger partial charge in [0.05, 0.1) is 39.6 Å². The molecule has 0 saturated carbocycles. The maximum Gasteiger partial charge on any atom is 0.508 e. The normalized spacial score (nSPS) is 22.8. The maximum absolute atomic E-state index is 14.5. The molecule has 0 aromatic heterocycles. The van der Waals surface area contributed by atoms with E-state index in [2.05, 4.69) is 73.8 Å². The van der Waals surface area contributed by atoms with Gasteiger partial charge in [0.15, 0.2) is 24.8 Å². The summed E-state index contributed by atoms with van der Waals surface area (Å²) in [5.74, 6) is -0.995. The standard InChI is InChI=1S/C69H73N3O13Si/c1-6-40-76-66-60(71-72-70)63(77-42-49-28-14-8-15-29-49)61(59(82-66)46-80-86(69(3,4)5,51-32-18-10-19-33-51)52-34-20-11-21-35-52)84-67-65(81-47(2)73)64(78-43-50-30-16-9-17-31-50)62(58(83-67)45-75-41-48-26-12-7-13-27-48)85-68(74)79-44-57-55-38-24-22-36-53(55)54-37-23-25-39-56(54)57/h6-39,57-67H,1,40-46H2,2-5H3/t58-,59+,60+,61+,62+,63+,64-,65+,66+,67-/m0/s1. The molecule has 10 atom stereocenters. The number of nitrogens with zero attached hydrogens (tertiary/aromatic N) is 3. The maximum atomic E-state index is 14.5. The van der Waals surface area contributed by atoms with E-state index in [9.17, 15) is 15.1 Å². The number of ether oxygens (including phenoxy) is 10. The van der Waals surface area contributed by atoms with Crippen LogP contribution in [-0.4, -0.2) is 108 Å². The molecule has 0 spiro atoms. The van der Waals surface area contributed by atoms with Crippen LogP contribution in [0.5, 0.6) is 0 Å². The van der Waals surface area contributed by atoms with E-state index in [0.717, 1.165) is 49.3 Å². The topological polar surface area (TPSA) is 184 Å². The Bertz CT molecular complexity index is 3270. The SMILES string of the molecule is C=CCO[C@@H]1O[C@H](CO[Si](c2ccccc2)(c2ccccc2)C(C)(C)C)[C@@H](O[C@@H]2O[C@@H](COCc3ccccc3)[C@@H](OC(=O)OCC3c4ccccc4-c4ccccc43)[C@H](OCc3ccccc3)[C@H]2OC(C)=O)[C@H](OCc2ccccc2)[C@H]1N=[N+]=[N-]. The molecule has 0 bridgehead atoms. The highest BCUT2D eigenvalue weighted by Gasteiger charge is 2.57. The number of esters is 1. The predicted molar refractivity (Wildman–Crippen MR) is 326 cm³/mol. The molecule has 2 saturated heterocycles. The molecule has 17 heteroatoms. The zero-order chi connectivity index (χ0) is 59.9. The average molecular weight is 1180 g/mol. The van der Waals surface area contributed by atoms with Crippen molar-refractivity contribution in [1.29, 1.82) is 0 Å². The molecule has 0 amide bonds. The molecule has 3 aliphatic rings. The smallest absolute Gasteiger partial charge is 0.454 e. The van der Waals surface area contributed by atoms with Crippen LogP contribution in [0.2, 0.25) is 5.04 Å². The Kier molecular flexibility index (Phi) is 20.7. The lowest BCUT2D eigenvalue weighted by atomic mass is 9.95. The van der Waals surface area contributed by atoms with Gasteiger partial charge < -0.3 is 51.8 Å². The second-order valence-corrected chi connectivity index (χ2v) is 26.8. The summed E-state index contributed by atoms with van der Waals surface area (Å²) in [6.07, 6.45) is -11.0. The van der Waals surface area contributed by atoms with Gasteiger partial charge >= 0.3 is 12.1 Å². The van der Waals surface area contributed by atoms with Crippen LogP contribution in [-0.2, 0) is 76.4 Å². The highest BCUT2D eigenvalue weighted by atomic mass is 28.4. The van der Waals surface area contributed by atoms with Crippen molar-refractivity contribution < 1.29 is 61.4 Å². The molecule has 446 valence electrons. The number of hydrogen-bond donors (Lipinski definition) is 0. The van der Waals surface area contributed by atoms with Crippen molar-refractivity contribution in [2.75, 3.05) is 26.4 Å². The van der Waals surface area contributed by atoms with E-state index in [1.54, 1.807) is 6.08 Å².